The predicted molar refractivity (Wildman–Crippen MR) is 88.4 cm³/mol. The van der Waals surface area contributed by atoms with Gasteiger partial charge in [-0.1, -0.05) is 23.2 Å². The molecule has 1 aromatic carbocycles. The van der Waals surface area contributed by atoms with Crippen LogP contribution in [0.3, 0.4) is 0 Å². The lowest BCUT2D eigenvalue weighted by molar-refractivity contribution is -0.138. The molecule has 0 unspecified atom stereocenters. The van der Waals surface area contributed by atoms with E-state index < -0.39 is 5.97 Å². The highest BCUT2D eigenvalue weighted by Crippen LogP contribution is 2.30. The molecule has 0 saturated heterocycles. The topological polar surface area (TPSA) is 91.2 Å². The zero-order chi connectivity index (χ0) is 17.4. The van der Waals surface area contributed by atoms with Crippen LogP contribution < -0.4 is 10.6 Å². The summed E-state index contributed by atoms with van der Waals surface area (Å²) in [5.74, 6) is -1.14. The Bertz CT molecular complexity index is 681. The van der Waals surface area contributed by atoms with Crippen LogP contribution in [0.1, 0.15) is 24.2 Å². The van der Waals surface area contributed by atoms with Gasteiger partial charge < -0.3 is 15.4 Å². The lowest BCUT2D eigenvalue weighted by Gasteiger charge is -2.11. The number of amides is 1. The van der Waals surface area contributed by atoms with Gasteiger partial charge in [-0.2, -0.15) is 5.26 Å². The highest BCUT2D eigenvalue weighted by molar-refractivity contribution is 6.38. The summed E-state index contributed by atoms with van der Waals surface area (Å²) in [5.41, 5.74) is 0.242. The number of esters is 1. The van der Waals surface area contributed by atoms with Gasteiger partial charge in [0.05, 0.1) is 22.9 Å². The average molecular weight is 356 g/mol. The third-order valence-corrected chi connectivity index (χ3v) is 3.23. The van der Waals surface area contributed by atoms with Crippen LogP contribution >= 0.6 is 23.2 Å². The number of anilines is 1. The first-order valence-electron chi connectivity index (χ1n) is 6.75. The maximum absolute atomic E-state index is 11.9. The second-order valence-electron chi connectivity index (χ2n) is 4.21. The fraction of sp³-hybridized carbons (Fsp3) is 0.267. The molecule has 8 heteroatoms. The van der Waals surface area contributed by atoms with Crippen LogP contribution in [0.5, 0.6) is 0 Å². The van der Waals surface area contributed by atoms with Crippen molar-refractivity contribution in [1.29, 1.82) is 5.26 Å². The molecule has 0 heterocycles. The number of hydrogen-bond acceptors (Lipinski definition) is 5. The largest absolute Gasteiger partial charge is 0.462 e. The Kier molecular flexibility index (Phi) is 7.39. The molecule has 0 spiro atoms. The fourth-order valence-electron chi connectivity index (χ4n) is 1.61. The van der Waals surface area contributed by atoms with Crippen LogP contribution in [0.15, 0.2) is 23.9 Å². The third-order valence-electron chi connectivity index (χ3n) is 2.61. The number of nitriles is 1. The Labute approximate surface area is 144 Å². The Balaban J connectivity index is 3.12. The molecule has 0 aliphatic heterocycles. The summed E-state index contributed by atoms with van der Waals surface area (Å²) in [7, 11) is 0. The van der Waals surface area contributed by atoms with E-state index in [4.69, 9.17) is 33.2 Å². The summed E-state index contributed by atoms with van der Waals surface area (Å²) in [5, 5.41) is 14.7. The van der Waals surface area contributed by atoms with Crippen molar-refractivity contribution in [2.75, 3.05) is 18.5 Å². The monoisotopic (exact) mass is 355 g/mol. The minimum atomic E-state index is -0.760. The number of carbonyl (C=O) groups is 2. The molecule has 0 aliphatic carbocycles. The van der Waals surface area contributed by atoms with Gasteiger partial charge in [0.2, 0.25) is 0 Å². The Morgan fingerprint density at radius 3 is 2.61 bits per heavy atom. The van der Waals surface area contributed by atoms with E-state index >= 15 is 0 Å². The van der Waals surface area contributed by atoms with Gasteiger partial charge >= 0.3 is 5.97 Å². The lowest BCUT2D eigenvalue weighted by Crippen LogP contribution is -2.23. The molecule has 0 radical (unpaired) electrons. The average Bonchev–Trinajstić information content (AvgIpc) is 2.51. The fourth-order valence-corrected chi connectivity index (χ4v) is 2.08. The second-order valence-corrected chi connectivity index (χ2v) is 5.02. The van der Waals surface area contributed by atoms with Crippen molar-refractivity contribution < 1.29 is 14.3 Å². The quantitative estimate of drug-likeness (QED) is 0.464. The molecule has 122 valence electrons. The lowest BCUT2D eigenvalue weighted by atomic mass is 10.1. The molecule has 0 aliphatic rings. The van der Waals surface area contributed by atoms with Crippen molar-refractivity contribution in [3.05, 3.63) is 39.5 Å². The summed E-state index contributed by atoms with van der Waals surface area (Å²) in [6.45, 7) is 3.99. The molecular formula is C15H15Cl2N3O3. The van der Waals surface area contributed by atoms with Crippen molar-refractivity contribution in [1.82, 2.24) is 5.32 Å². The Morgan fingerprint density at radius 1 is 1.35 bits per heavy atom. The molecule has 2 N–H and O–H groups in total. The normalized spacial score (nSPS) is 10.7. The standard InChI is InChI=1S/C15H15Cl2N3O3/c1-3-19-14(21)11-5-10(16)6-12(13(11)17)20-8-9(7-18)15(22)23-4-2/h5-6,8,20H,3-4H2,1-2H3,(H,19,21). The maximum Gasteiger partial charge on any atom is 0.350 e. The molecule has 0 atom stereocenters. The van der Waals surface area contributed by atoms with Crippen LogP contribution in [0.4, 0.5) is 5.69 Å². The van der Waals surface area contributed by atoms with Gasteiger partial charge in [-0.3, -0.25) is 4.79 Å². The summed E-state index contributed by atoms with van der Waals surface area (Å²) in [4.78, 5) is 23.5. The Hall–Kier alpha value is -2.23. The molecule has 0 bridgehead atoms. The number of ether oxygens (including phenoxy) is 1. The van der Waals surface area contributed by atoms with E-state index in [1.54, 1.807) is 19.9 Å². The zero-order valence-electron chi connectivity index (χ0n) is 12.6. The molecule has 1 rings (SSSR count). The van der Waals surface area contributed by atoms with Crippen molar-refractivity contribution in [3.63, 3.8) is 0 Å². The van der Waals surface area contributed by atoms with Crippen molar-refractivity contribution in [2.45, 2.75) is 13.8 Å². The summed E-state index contributed by atoms with van der Waals surface area (Å²) < 4.78 is 4.74. The van der Waals surface area contributed by atoms with Gasteiger partial charge in [0.15, 0.2) is 5.57 Å². The van der Waals surface area contributed by atoms with Gasteiger partial charge in [-0.05, 0) is 26.0 Å². The molecular weight excluding hydrogens is 341 g/mol. The number of halogens is 2. The predicted octanol–water partition coefficient (Wildman–Crippen LogP) is 3.13. The number of benzene rings is 1. The number of nitrogens with one attached hydrogen (secondary N) is 2. The van der Waals surface area contributed by atoms with Gasteiger partial charge in [0.25, 0.3) is 5.91 Å². The van der Waals surface area contributed by atoms with E-state index in [1.165, 1.54) is 12.1 Å². The molecule has 1 aromatic rings. The van der Waals surface area contributed by atoms with E-state index in [-0.39, 0.29) is 39.4 Å². The number of rotatable bonds is 6. The van der Waals surface area contributed by atoms with Gasteiger partial charge in [0.1, 0.15) is 6.07 Å². The van der Waals surface area contributed by atoms with Crippen molar-refractivity contribution >= 4 is 40.8 Å². The molecule has 0 aromatic heterocycles. The van der Waals surface area contributed by atoms with Gasteiger partial charge in [-0.15, -0.1) is 0 Å². The smallest absolute Gasteiger partial charge is 0.350 e. The van der Waals surface area contributed by atoms with Crippen LogP contribution in [0.2, 0.25) is 10.0 Å². The number of hydrogen-bond donors (Lipinski definition) is 2. The maximum atomic E-state index is 11.9. The van der Waals surface area contributed by atoms with Crippen LogP contribution in [-0.2, 0) is 9.53 Å². The van der Waals surface area contributed by atoms with Gasteiger partial charge in [0, 0.05) is 17.8 Å². The third kappa shape index (κ3) is 5.16. The van der Waals surface area contributed by atoms with E-state index in [9.17, 15) is 9.59 Å². The molecule has 6 nitrogen and oxygen atoms in total. The summed E-state index contributed by atoms with van der Waals surface area (Å²) in [6.07, 6.45) is 1.15. The Morgan fingerprint density at radius 2 is 2.04 bits per heavy atom. The van der Waals surface area contributed by atoms with E-state index in [2.05, 4.69) is 10.6 Å². The van der Waals surface area contributed by atoms with Crippen molar-refractivity contribution in [3.8, 4) is 6.07 Å². The zero-order valence-corrected chi connectivity index (χ0v) is 14.1. The molecule has 0 fully saturated rings. The molecule has 23 heavy (non-hydrogen) atoms. The minimum absolute atomic E-state index is 0.123. The summed E-state index contributed by atoms with van der Waals surface area (Å²) >= 11 is 12.1. The second kappa shape index (κ2) is 9.03. The first-order valence-corrected chi connectivity index (χ1v) is 7.51. The van der Waals surface area contributed by atoms with Crippen LogP contribution in [0, 0.1) is 11.3 Å². The first-order chi connectivity index (χ1) is 10.9. The van der Waals surface area contributed by atoms with E-state index in [1.807, 2.05) is 0 Å². The van der Waals surface area contributed by atoms with Crippen LogP contribution in [-0.4, -0.2) is 25.0 Å². The number of nitrogens with zero attached hydrogens (tertiary/aromatic N) is 1. The summed E-state index contributed by atoms with van der Waals surface area (Å²) in [6, 6.07) is 4.62. The first kappa shape index (κ1) is 18.8. The minimum Gasteiger partial charge on any atom is -0.462 e. The highest BCUT2D eigenvalue weighted by atomic mass is 35.5. The molecule has 1 amide bonds. The van der Waals surface area contributed by atoms with Gasteiger partial charge in [-0.25, -0.2) is 4.79 Å². The SMILES string of the molecule is CCNC(=O)c1cc(Cl)cc(NC=C(C#N)C(=O)OCC)c1Cl. The number of carbonyl (C=O) groups excluding carboxylic acids is 2. The van der Waals surface area contributed by atoms with E-state index in [0.29, 0.717) is 6.54 Å². The highest BCUT2D eigenvalue weighted by Gasteiger charge is 2.15. The van der Waals surface area contributed by atoms with E-state index in [0.717, 1.165) is 6.20 Å². The molecule has 0 saturated carbocycles. The van der Waals surface area contributed by atoms with Crippen LogP contribution in [0.25, 0.3) is 0 Å². The van der Waals surface area contributed by atoms with Crippen molar-refractivity contribution in [2.24, 2.45) is 0 Å².